The van der Waals surface area contributed by atoms with E-state index in [-0.39, 0.29) is 0 Å². The van der Waals surface area contributed by atoms with E-state index >= 15 is 0 Å². The van der Waals surface area contributed by atoms with Crippen LogP contribution in [0.1, 0.15) is 0 Å². The number of pyridine rings is 1. The zero-order valence-corrected chi connectivity index (χ0v) is 7.91. The summed E-state index contributed by atoms with van der Waals surface area (Å²) in [6.07, 6.45) is 3.53. The van der Waals surface area contributed by atoms with Crippen LogP contribution in [-0.2, 0) is 0 Å². The standard InChI is InChI=1S/C9H8N2OS/c1-12-9-11-8(6-13-9)7-3-2-4-10-5-7/h2-6H,1H3. The first-order chi connectivity index (χ1) is 6.40. The van der Waals surface area contributed by atoms with E-state index in [2.05, 4.69) is 9.97 Å². The lowest BCUT2D eigenvalue weighted by atomic mass is 10.2. The van der Waals surface area contributed by atoms with E-state index in [4.69, 9.17) is 4.74 Å². The summed E-state index contributed by atoms with van der Waals surface area (Å²) in [6.45, 7) is 0. The van der Waals surface area contributed by atoms with Crippen LogP contribution < -0.4 is 4.74 Å². The Morgan fingerprint density at radius 1 is 1.46 bits per heavy atom. The molecular formula is C9H8N2OS. The Bertz CT molecular complexity index is 386. The molecule has 0 aromatic carbocycles. The smallest absolute Gasteiger partial charge is 0.273 e. The maximum absolute atomic E-state index is 5.00. The molecule has 0 atom stereocenters. The second-order valence-corrected chi connectivity index (χ2v) is 3.27. The Hall–Kier alpha value is -1.42. The molecule has 3 nitrogen and oxygen atoms in total. The van der Waals surface area contributed by atoms with Crippen LogP contribution in [0.4, 0.5) is 0 Å². The Labute approximate surface area is 80.0 Å². The predicted molar refractivity (Wildman–Crippen MR) is 51.9 cm³/mol. The summed E-state index contributed by atoms with van der Waals surface area (Å²) in [5.74, 6) is 0. The predicted octanol–water partition coefficient (Wildman–Crippen LogP) is 2.21. The minimum atomic E-state index is 0.679. The first-order valence-corrected chi connectivity index (χ1v) is 4.68. The van der Waals surface area contributed by atoms with Crippen LogP contribution in [0, 0.1) is 0 Å². The second-order valence-electron chi connectivity index (χ2n) is 2.44. The van der Waals surface area contributed by atoms with E-state index in [0.29, 0.717) is 5.19 Å². The van der Waals surface area contributed by atoms with Gasteiger partial charge in [-0.25, -0.2) is 4.98 Å². The summed E-state index contributed by atoms with van der Waals surface area (Å²) in [7, 11) is 1.62. The molecule has 0 spiro atoms. The van der Waals surface area contributed by atoms with Crippen molar-refractivity contribution >= 4 is 11.3 Å². The highest BCUT2D eigenvalue weighted by molar-refractivity contribution is 7.11. The molecule has 2 rings (SSSR count). The van der Waals surface area contributed by atoms with Crippen molar-refractivity contribution in [2.45, 2.75) is 0 Å². The fourth-order valence-electron chi connectivity index (χ4n) is 0.998. The van der Waals surface area contributed by atoms with Gasteiger partial charge in [-0.05, 0) is 12.1 Å². The van der Waals surface area contributed by atoms with Gasteiger partial charge in [0.25, 0.3) is 5.19 Å². The molecule has 0 aliphatic carbocycles. The number of ether oxygens (including phenoxy) is 1. The van der Waals surface area contributed by atoms with Crippen LogP contribution in [0.2, 0.25) is 0 Å². The summed E-state index contributed by atoms with van der Waals surface area (Å²) in [4.78, 5) is 8.28. The lowest BCUT2D eigenvalue weighted by Gasteiger charge is -1.93. The lowest BCUT2D eigenvalue weighted by molar-refractivity contribution is 0.412. The van der Waals surface area contributed by atoms with Crippen molar-refractivity contribution in [3.8, 4) is 16.5 Å². The summed E-state index contributed by atoms with van der Waals surface area (Å²) >= 11 is 1.48. The summed E-state index contributed by atoms with van der Waals surface area (Å²) in [5, 5.41) is 2.63. The number of nitrogens with zero attached hydrogens (tertiary/aromatic N) is 2. The fraction of sp³-hybridized carbons (Fsp3) is 0.111. The van der Waals surface area contributed by atoms with Gasteiger partial charge in [-0.1, -0.05) is 11.3 Å². The highest BCUT2D eigenvalue weighted by Gasteiger charge is 2.03. The van der Waals surface area contributed by atoms with E-state index in [1.807, 2.05) is 17.5 Å². The molecule has 0 N–H and O–H groups in total. The van der Waals surface area contributed by atoms with E-state index in [1.54, 1.807) is 19.5 Å². The largest absolute Gasteiger partial charge is 0.473 e. The average Bonchev–Trinajstić information content (AvgIpc) is 2.67. The molecule has 0 radical (unpaired) electrons. The average molecular weight is 192 g/mol. The van der Waals surface area contributed by atoms with E-state index in [1.165, 1.54) is 11.3 Å². The van der Waals surface area contributed by atoms with Crippen molar-refractivity contribution in [2.24, 2.45) is 0 Å². The molecule has 2 heterocycles. The number of hydrogen-bond donors (Lipinski definition) is 0. The quantitative estimate of drug-likeness (QED) is 0.731. The molecule has 0 saturated carbocycles. The number of aromatic nitrogens is 2. The van der Waals surface area contributed by atoms with Gasteiger partial charge < -0.3 is 4.74 Å². The number of thiazole rings is 1. The minimum Gasteiger partial charge on any atom is -0.473 e. The van der Waals surface area contributed by atoms with Gasteiger partial charge in [0.15, 0.2) is 0 Å². The van der Waals surface area contributed by atoms with Gasteiger partial charge in [0, 0.05) is 23.3 Å². The molecule has 0 bridgehead atoms. The molecule has 0 fully saturated rings. The maximum atomic E-state index is 5.00. The molecule has 2 aromatic heterocycles. The summed E-state index contributed by atoms with van der Waals surface area (Å²) in [6, 6.07) is 3.86. The molecule has 0 aliphatic rings. The number of methoxy groups -OCH3 is 1. The molecule has 4 heteroatoms. The van der Waals surface area contributed by atoms with E-state index in [0.717, 1.165) is 11.3 Å². The molecule has 2 aromatic rings. The van der Waals surface area contributed by atoms with Gasteiger partial charge in [0.1, 0.15) is 0 Å². The second kappa shape index (κ2) is 3.53. The van der Waals surface area contributed by atoms with Gasteiger partial charge in [0.2, 0.25) is 0 Å². The third kappa shape index (κ3) is 1.67. The van der Waals surface area contributed by atoms with Crippen molar-refractivity contribution < 1.29 is 4.74 Å². The molecule has 0 saturated heterocycles. The monoisotopic (exact) mass is 192 g/mol. The van der Waals surface area contributed by atoms with Gasteiger partial charge >= 0.3 is 0 Å². The van der Waals surface area contributed by atoms with E-state index in [9.17, 15) is 0 Å². The van der Waals surface area contributed by atoms with Gasteiger partial charge in [-0.3, -0.25) is 4.98 Å². The van der Waals surface area contributed by atoms with Gasteiger partial charge in [0.05, 0.1) is 12.8 Å². The van der Waals surface area contributed by atoms with Crippen LogP contribution in [0.15, 0.2) is 29.9 Å². The number of hydrogen-bond acceptors (Lipinski definition) is 4. The zero-order valence-electron chi connectivity index (χ0n) is 7.10. The molecule has 0 unspecified atom stereocenters. The minimum absolute atomic E-state index is 0.679. The lowest BCUT2D eigenvalue weighted by Crippen LogP contribution is -1.82. The van der Waals surface area contributed by atoms with Crippen LogP contribution in [0.25, 0.3) is 11.3 Å². The van der Waals surface area contributed by atoms with Crippen molar-refractivity contribution in [1.29, 1.82) is 0 Å². The topological polar surface area (TPSA) is 35.0 Å². The van der Waals surface area contributed by atoms with Gasteiger partial charge in [-0.2, -0.15) is 0 Å². The molecule has 66 valence electrons. The van der Waals surface area contributed by atoms with Crippen molar-refractivity contribution in [2.75, 3.05) is 7.11 Å². The zero-order chi connectivity index (χ0) is 9.10. The summed E-state index contributed by atoms with van der Waals surface area (Å²) < 4.78 is 5.00. The van der Waals surface area contributed by atoms with Gasteiger partial charge in [-0.15, -0.1) is 0 Å². The highest BCUT2D eigenvalue weighted by Crippen LogP contribution is 2.24. The molecular weight excluding hydrogens is 184 g/mol. The maximum Gasteiger partial charge on any atom is 0.273 e. The third-order valence-electron chi connectivity index (χ3n) is 1.62. The Kier molecular flexibility index (Phi) is 2.23. The SMILES string of the molecule is COc1nc(-c2cccnc2)cs1. The summed E-state index contributed by atoms with van der Waals surface area (Å²) in [5.41, 5.74) is 1.93. The van der Waals surface area contributed by atoms with Crippen molar-refractivity contribution in [3.63, 3.8) is 0 Å². The van der Waals surface area contributed by atoms with Crippen LogP contribution in [-0.4, -0.2) is 17.1 Å². The first-order valence-electron chi connectivity index (χ1n) is 3.80. The van der Waals surface area contributed by atoms with Crippen molar-refractivity contribution in [3.05, 3.63) is 29.9 Å². The molecule has 13 heavy (non-hydrogen) atoms. The number of rotatable bonds is 2. The normalized spacial score (nSPS) is 9.92. The highest BCUT2D eigenvalue weighted by atomic mass is 32.1. The van der Waals surface area contributed by atoms with Crippen LogP contribution in [0.3, 0.4) is 0 Å². The Morgan fingerprint density at radius 2 is 2.38 bits per heavy atom. The first kappa shape index (κ1) is 8.19. The fourth-order valence-corrected chi connectivity index (χ4v) is 1.65. The van der Waals surface area contributed by atoms with Crippen LogP contribution in [0.5, 0.6) is 5.19 Å². The Morgan fingerprint density at radius 3 is 3.00 bits per heavy atom. The third-order valence-corrected chi connectivity index (χ3v) is 2.42. The van der Waals surface area contributed by atoms with Crippen molar-refractivity contribution in [1.82, 2.24) is 9.97 Å². The van der Waals surface area contributed by atoms with Crippen LogP contribution >= 0.6 is 11.3 Å². The van der Waals surface area contributed by atoms with E-state index < -0.39 is 0 Å². The Balaban J connectivity index is 2.36. The molecule has 0 amide bonds. The molecule has 0 aliphatic heterocycles.